The van der Waals surface area contributed by atoms with Crippen LogP contribution in [0.5, 0.6) is 0 Å². The molecule has 2 amide bonds. The minimum absolute atomic E-state index is 0.0488. The predicted molar refractivity (Wildman–Crippen MR) is 71.0 cm³/mol. The van der Waals surface area contributed by atoms with Gasteiger partial charge in [-0.3, -0.25) is 0 Å². The molecule has 1 aliphatic heterocycles. The van der Waals surface area contributed by atoms with Crippen molar-refractivity contribution in [3.8, 4) is 0 Å². The zero-order valence-corrected chi connectivity index (χ0v) is 12.2. The maximum Gasteiger partial charge on any atom is 0.342 e. The van der Waals surface area contributed by atoms with Crippen LogP contribution in [0.1, 0.15) is 13.8 Å². The third-order valence-corrected chi connectivity index (χ3v) is 3.25. The van der Waals surface area contributed by atoms with Crippen molar-refractivity contribution in [2.75, 3.05) is 19.8 Å². The second kappa shape index (κ2) is 7.76. The van der Waals surface area contributed by atoms with Crippen molar-refractivity contribution in [1.82, 2.24) is 10.3 Å². The number of amides is 2. The number of hydrogen-bond acceptors (Lipinski definition) is 9. The monoisotopic (exact) mass is 323 g/mol. The Bertz CT molecular complexity index is 398. The summed E-state index contributed by atoms with van der Waals surface area (Å²) < 4.78 is 10.2. The highest BCUT2D eigenvalue weighted by Gasteiger charge is 2.56. The van der Waals surface area contributed by atoms with Gasteiger partial charge in [0.15, 0.2) is 0 Å². The van der Waals surface area contributed by atoms with Gasteiger partial charge in [-0.1, -0.05) is 0 Å². The number of nitrogens with one attached hydrogen (secondary N) is 1. The smallest absolute Gasteiger partial charge is 0.342 e. The lowest BCUT2D eigenvalue weighted by Gasteiger charge is -2.47. The topological polar surface area (TPSA) is 161 Å². The van der Waals surface area contributed by atoms with Crippen LogP contribution in [0.25, 0.3) is 0 Å². The number of aliphatic hydroxyl groups excluding tert-OH is 3. The largest absolute Gasteiger partial charge is 0.394 e. The van der Waals surface area contributed by atoms with Gasteiger partial charge in [-0.25, -0.2) is 4.79 Å². The van der Waals surface area contributed by atoms with Gasteiger partial charge in [0.05, 0.1) is 11.9 Å². The first-order chi connectivity index (χ1) is 10.3. The van der Waals surface area contributed by atoms with E-state index in [9.17, 15) is 25.0 Å². The molecule has 11 nitrogen and oxygen atoms in total. The molecular formula is C11H21N3O8. The van der Waals surface area contributed by atoms with Gasteiger partial charge in [0.1, 0.15) is 18.3 Å². The van der Waals surface area contributed by atoms with E-state index < -0.39 is 43.0 Å². The normalized spacial score (nSPS) is 35.0. The van der Waals surface area contributed by atoms with Crippen LogP contribution in [-0.4, -0.2) is 81.6 Å². The first-order valence-corrected chi connectivity index (χ1v) is 6.75. The van der Waals surface area contributed by atoms with Crippen LogP contribution in [0, 0.1) is 4.91 Å². The second-order valence-corrected chi connectivity index (χ2v) is 4.63. The van der Waals surface area contributed by atoms with E-state index >= 15 is 0 Å². The van der Waals surface area contributed by atoms with E-state index in [1.54, 1.807) is 6.92 Å². The molecule has 22 heavy (non-hydrogen) atoms. The van der Waals surface area contributed by atoms with Crippen LogP contribution in [-0.2, 0) is 9.47 Å². The summed E-state index contributed by atoms with van der Waals surface area (Å²) in [5, 5.41) is 44.3. The van der Waals surface area contributed by atoms with E-state index in [-0.39, 0.29) is 13.2 Å². The minimum atomic E-state index is -2.53. The fraction of sp³-hybridized carbons (Fsp3) is 0.909. The molecule has 0 bridgehead atoms. The lowest BCUT2D eigenvalue weighted by Crippen LogP contribution is -2.74. The fourth-order valence-electron chi connectivity index (χ4n) is 2.02. The van der Waals surface area contributed by atoms with Crippen molar-refractivity contribution in [3.63, 3.8) is 0 Å². The number of aliphatic hydroxyl groups is 4. The average molecular weight is 323 g/mol. The molecule has 1 rings (SSSR count). The Hall–Kier alpha value is -1.37. The van der Waals surface area contributed by atoms with Gasteiger partial charge in [-0.2, -0.15) is 5.01 Å². The molecule has 1 aliphatic rings. The first kappa shape index (κ1) is 18.7. The Morgan fingerprint density at radius 2 is 2.09 bits per heavy atom. The zero-order valence-electron chi connectivity index (χ0n) is 12.2. The van der Waals surface area contributed by atoms with Crippen molar-refractivity contribution < 1.29 is 34.7 Å². The summed E-state index contributed by atoms with van der Waals surface area (Å²) in [5.74, 6) is 0. The van der Waals surface area contributed by atoms with Crippen LogP contribution < -0.4 is 5.32 Å². The first-order valence-electron chi connectivity index (χ1n) is 6.75. The Morgan fingerprint density at radius 3 is 2.55 bits per heavy atom. The summed E-state index contributed by atoms with van der Waals surface area (Å²) in [6.07, 6.45) is -6.40. The van der Waals surface area contributed by atoms with Crippen molar-refractivity contribution in [1.29, 1.82) is 0 Å². The summed E-state index contributed by atoms with van der Waals surface area (Å²) in [6, 6.07) is -1.11. The van der Waals surface area contributed by atoms with Crippen LogP contribution in [0.2, 0.25) is 0 Å². The molecule has 1 fully saturated rings. The highest BCUT2D eigenvalue weighted by Crippen LogP contribution is 2.29. The Labute approximate surface area is 126 Å². The molecule has 0 saturated carbocycles. The van der Waals surface area contributed by atoms with Gasteiger partial charge in [0.2, 0.25) is 12.0 Å². The van der Waals surface area contributed by atoms with Crippen molar-refractivity contribution in [2.24, 2.45) is 5.29 Å². The molecule has 1 saturated heterocycles. The van der Waals surface area contributed by atoms with Gasteiger partial charge in [-0.15, -0.1) is 4.91 Å². The average Bonchev–Trinajstić information content (AvgIpc) is 2.49. The number of nitroso groups, excluding NO2 is 1. The number of carbonyl (C=O) groups is 1. The van der Waals surface area contributed by atoms with E-state index in [1.807, 2.05) is 5.32 Å². The van der Waals surface area contributed by atoms with Gasteiger partial charge in [-0.05, 0) is 13.8 Å². The number of rotatable bonds is 6. The Balaban J connectivity index is 3.02. The third kappa shape index (κ3) is 3.51. The number of hydrogen-bond donors (Lipinski definition) is 5. The van der Waals surface area contributed by atoms with Crippen LogP contribution in [0.4, 0.5) is 4.79 Å². The molecule has 5 atom stereocenters. The molecule has 1 heterocycles. The van der Waals surface area contributed by atoms with E-state index in [4.69, 9.17) is 14.6 Å². The molecular weight excluding hydrogens is 302 g/mol. The number of urea groups is 1. The molecule has 5 N–H and O–H groups in total. The molecule has 128 valence electrons. The fourth-order valence-corrected chi connectivity index (χ4v) is 2.02. The van der Waals surface area contributed by atoms with Gasteiger partial charge in [0, 0.05) is 13.2 Å². The van der Waals surface area contributed by atoms with Crippen LogP contribution in [0.3, 0.4) is 0 Å². The Morgan fingerprint density at radius 1 is 1.45 bits per heavy atom. The van der Waals surface area contributed by atoms with Gasteiger partial charge < -0.3 is 35.2 Å². The molecule has 0 spiro atoms. The summed E-state index contributed by atoms with van der Waals surface area (Å²) >= 11 is 0. The standard InChI is InChI=1S/C11H21N3O8/c1-3-14(13-20)10(18)12-11(19)8(17)7(16)6(5-15)22-9(11)21-4-2/h6-9,15-17,19H,3-5H2,1-2H3,(H,12,18)/t6-,7-,8+,9+,11+/m1/s1. The molecule has 11 heteroatoms. The van der Waals surface area contributed by atoms with Crippen LogP contribution >= 0.6 is 0 Å². The predicted octanol–water partition coefficient (Wildman–Crippen LogP) is -2.14. The van der Waals surface area contributed by atoms with E-state index in [2.05, 4.69) is 5.29 Å². The summed E-state index contributed by atoms with van der Waals surface area (Å²) in [4.78, 5) is 22.3. The van der Waals surface area contributed by atoms with E-state index in [0.717, 1.165) is 0 Å². The molecule has 0 aliphatic carbocycles. The van der Waals surface area contributed by atoms with Crippen LogP contribution in [0.15, 0.2) is 5.29 Å². The van der Waals surface area contributed by atoms with E-state index in [1.165, 1.54) is 6.92 Å². The summed E-state index contributed by atoms with van der Waals surface area (Å²) in [7, 11) is 0. The van der Waals surface area contributed by atoms with E-state index in [0.29, 0.717) is 5.01 Å². The highest BCUT2D eigenvalue weighted by molar-refractivity contribution is 5.74. The number of carbonyl (C=O) groups excluding carboxylic acids is 1. The quantitative estimate of drug-likeness (QED) is 0.210. The lowest BCUT2D eigenvalue weighted by molar-refractivity contribution is -0.346. The third-order valence-electron chi connectivity index (χ3n) is 3.25. The molecule has 0 radical (unpaired) electrons. The maximum atomic E-state index is 11.8. The van der Waals surface area contributed by atoms with Crippen molar-refractivity contribution in [2.45, 2.75) is 44.2 Å². The zero-order chi connectivity index (χ0) is 16.9. The summed E-state index contributed by atoms with van der Waals surface area (Å²) in [5.41, 5.74) is -2.53. The highest BCUT2D eigenvalue weighted by atomic mass is 16.7. The molecule has 0 aromatic rings. The molecule has 0 unspecified atom stereocenters. The second-order valence-electron chi connectivity index (χ2n) is 4.63. The summed E-state index contributed by atoms with van der Waals surface area (Å²) in [6.45, 7) is 2.37. The number of ether oxygens (including phenoxy) is 2. The number of nitrogens with zero attached hydrogens (tertiary/aromatic N) is 2. The van der Waals surface area contributed by atoms with Crippen molar-refractivity contribution in [3.05, 3.63) is 4.91 Å². The Kier molecular flexibility index (Phi) is 6.59. The lowest BCUT2D eigenvalue weighted by atomic mass is 9.93. The minimum Gasteiger partial charge on any atom is -0.394 e. The van der Waals surface area contributed by atoms with Gasteiger partial charge in [0.25, 0.3) is 0 Å². The van der Waals surface area contributed by atoms with Gasteiger partial charge >= 0.3 is 6.03 Å². The molecule has 0 aromatic heterocycles. The van der Waals surface area contributed by atoms with Crippen molar-refractivity contribution >= 4 is 6.03 Å². The molecule has 0 aromatic carbocycles. The SMILES string of the molecule is CCO[C@H]1O[C@H](CO)[C@@H](O)[C@H](O)[C@@]1(O)NC(=O)N(CC)N=O. The maximum absolute atomic E-state index is 11.8.